The number of benzene rings is 2. The molecule has 2 aromatic carbocycles. The lowest BCUT2D eigenvalue weighted by Gasteiger charge is -2.26. The van der Waals surface area contributed by atoms with Gasteiger partial charge in [-0.3, -0.25) is 9.59 Å². The van der Waals surface area contributed by atoms with E-state index in [9.17, 15) is 9.59 Å². The highest BCUT2D eigenvalue weighted by atomic mass is 16.5. The molecule has 0 fully saturated rings. The Morgan fingerprint density at radius 2 is 1.64 bits per heavy atom. The quantitative estimate of drug-likeness (QED) is 0.711. The summed E-state index contributed by atoms with van der Waals surface area (Å²) in [5, 5.41) is 2.72. The van der Waals surface area contributed by atoms with Crippen molar-refractivity contribution < 1.29 is 19.1 Å². The molecule has 0 atom stereocenters. The van der Waals surface area contributed by atoms with Gasteiger partial charge in [0.05, 0.1) is 14.2 Å². The van der Waals surface area contributed by atoms with Crippen LogP contribution in [0.2, 0.25) is 0 Å². The molecule has 150 valence electrons. The van der Waals surface area contributed by atoms with Gasteiger partial charge in [0.15, 0.2) is 11.5 Å². The third kappa shape index (κ3) is 5.74. The van der Waals surface area contributed by atoms with Crippen LogP contribution in [0.25, 0.3) is 0 Å². The molecule has 28 heavy (non-hydrogen) atoms. The highest BCUT2D eigenvalue weighted by Gasteiger charge is 2.24. The number of hydrogen-bond donors (Lipinski definition) is 1. The number of ether oxygens (including phenoxy) is 2. The van der Waals surface area contributed by atoms with Crippen molar-refractivity contribution in [1.82, 2.24) is 10.2 Å². The minimum atomic E-state index is -0.592. The predicted octanol–water partition coefficient (Wildman–Crippen LogP) is 2.80. The van der Waals surface area contributed by atoms with Gasteiger partial charge in [0.2, 0.25) is 0 Å². The summed E-state index contributed by atoms with van der Waals surface area (Å²) in [5.41, 5.74) is 1.97. The minimum Gasteiger partial charge on any atom is -0.493 e. The second-order valence-electron chi connectivity index (χ2n) is 6.71. The Morgan fingerprint density at radius 1 is 0.964 bits per heavy atom. The van der Waals surface area contributed by atoms with Crippen LogP contribution in [0.5, 0.6) is 11.5 Å². The molecule has 1 N–H and O–H groups in total. The van der Waals surface area contributed by atoms with E-state index in [0.717, 1.165) is 11.1 Å². The summed E-state index contributed by atoms with van der Waals surface area (Å²) in [7, 11) is 3.16. The molecule has 0 unspecified atom stereocenters. The number of carbonyl (C=O) groups excluding carboxylic acids is 2. The van der Waals surface area contributed by atoms with Gasteiger partial charge in [0.25, 0.3) is 0 Å². The zero-order valence-corrected chi connectivity index (χ0v) is 16.9. The first-order chi connectivity index (χ1) is 13.5. The summed E-state index contributed by atoms with van der Waals surface area (Å²) in [4.78, 5) is 26.5. The molecule has 0 aromatic heterocycles. The van der Waals surface area contributed by atoms with Crippen LogP contribution in [0.15, 0.2) is 48.5 Å². The third-order valence-electron chi connectivity index (χ3n) is 4.42. The standard InChI is InChI=1S/C22H28N2O4/c1-16(2)24(15-18-8-6-5-7-9-18)22(26)21(25)23-13-12-17-10-11-19(27-3)20(14-17)28-4/h5-11,14,16H,12-13,15H2,1-4H3,(H,23,25). The van der Waals surface area contributed by atoms with Gasteiger partial charge in [-0.15, -0.1) is 0 Å². The lowest BCUT2D eigenvalue weighted by Crippen LogP contribution is -2.46. The zero-order valence-electron chi connectivity index (χ0n) is 16.9. The second-order valence-corrected chi connectivity index (χ2v) is 6.71. The number of carbonyl (C=O) groups is 2. The zero-order chi connectivity index (χ0) is 20.5. The number of hydrogen-bond acceptors (Lipinski definition) is 4. The van der Waals surface area contributed by atoms with Crippen LogP contribution in [0.3, 0.4) is 0 Å². The SMILES string of the molecule is COc1ccc(CCNC(=O)C(=O)N(Cc2ccccc2)C(C)C)cc1OC. The molecule has 6 heteroatoms. The van der Waals surface area contributed by atoms with E-state index in [1.165, 1.54) is 0 Å². The van der Waals surface area contributed by atoms with Crippen LogP contribution >= 0.6 is 0 Å². The summed E-state index contributed by atoms with van der Waals surface area (Å²) >= 11 is 0. The first kappa shape index (κ1) is 21.3. The molecule has 2 aromatic rings. The van der Waals surface area contributed by atoms with Crippen molar-refractivity contribution in [1.29, 1.82) is 0 Å². The Kier molecular flexibility index (Phi) is 7.87. The molecule has 6 nitrogen and oxygen atoms in total. The van der Waals surface area contributed by atoms with Crippen molar-refractivity contribution in [2.45, 2.75) is 32.9 Å². The van der Waals surface area contributed by atoms with Crippen LogP contribution in [-0.4, -0.2) is 43.5 Å². The molecule has 0 saturated heterocycles. The Bertz CT molecular complexity index is 790. The summed E-state index contributed by atoms with van der Waals surface area (Å²) in [5.74, 6) is 0.173. The first-order valence-corrected chi connectivity index (χ1v) is 9.30. The third-order valence-corrected chi connectivity index (χ3v) is 4.42. The molecular weight excluding hydrogens is 356 g/mol. The van der Waals surface area contributed by atoms with Crippen LogP contribution in [0.1, 0.15) is 25.0 Å². The van der Waals surface area contributed by atoms with E-state index in [1.807, 2.05) is 62.4 Å². The van der Waals surface area contributed by atoms with Gasteiger partial charge in [-0.05, 0) is 43.5 Å². The van der Waals surface area contributed by atoms with E-state index >= 15 is 0 Å². The number of nitrogens with zero attached hydrogens (tertiary/aromatic N) is 1. The summed E-state index contributed by atoms with van der Waals surface area (Å²) < 4.78 is 10.5. The van der Waals surface area contributed by atoms with E-state index in [-0.39, 0.29) is 6.04 Å². The van der Waals surface area contributed by atoms with Crippen LogP contribution in [0.4, 0.5) is 0 Å². The van der Waals surface area contributed by atoms with Gasteiger partial charge in [-0.2, -0.15) is 0 Å². The van der Waals surface area contributed by atoms with E-state index in [0.29, 0.717) is 31.0 Å². The molecule has 0 aliphatic heterocycles. The van der Waals surface area contributed by atoms with Crippen molar-refractivity contribution in [2.24, 2.45) is 0 Å². The smallest absolute Gasteiger partial charge is 0.312 e. The van der Waals surface area contributed by atoms with Crippen molar-refractivity contribution in [3.05, 3.63) is 59.7 Å². The Morgan fingerprint density at radius 3 is 2.25 bits per heavy atom. The molecule has 2 amide bonds. The van der Waals surface area contributed by atoms with Gasteiger partial charge in [0, 0.05) is 19.1 Å². The van der Waals surface area contributed by atoms with Crippen molar-refractivity contribution in [3.8, 4) is 11.5 Å². The van der Waals surface area contributed by atoms with E-state index < -0.39 is 11.8 Å². The Balaban J connectivity index is 1.92. The topological polar surface area (TPSA) is 67.9 Å². The number of amides is 2. The number of methoxy groups -OCH3 is 2. The van der Waals surface area contributed by atoms with E-state index in [4.69, 9.17) is 9.47 Å². The molecule has 0 spiro atoms. The van der Waals surface area contributed by atoms with Crippen LogP contribution in [-0.2, 0) is 22.6 Å². The molecule has 0 saturated carbocycles. The maximum atomic E-state index is 12.6. The Hall–Kier alpha value is -3.02. The van der Waals surface area contributed by atoms with E-state index in [2.05, 4.69) is 5.32 Å². The largest absolute Gasteiger partial charge is 0.493 e. The van der Waals surface area contributed by atoms with Crippen LogP contribution in [0, 0.1) is 0 Å². The van der Waals surface area contributed by atoms with Gasteiger partial charge in [-0.1, -0.05) is 36.4 Å². The van der Waals surface area contributed by atoms with E-state index in [1.54, 1.807) is 19.1 Å². The van der Waals surface area contributed by atoms with Gasteiger partial charge < -0.3 is 19.7 Å². The Labute approximate surface area is 166 Å². The molecule has 0 bridgehead atoms. The fourth-order valence-corrected chi connectivity index (χ4v) is 2.83. The molecular formula is C22H28N2O4. The normalized spacial score (nSPS) is 10.5. The molecule has 0 aliphatic rings. The summed E-state index contributed by atoms with van der Waals surface area (Å²) in [6, 6.07) is 15.2. The molecule has 0 heterocycles. The predicted molar refractivity (Wildman–Crippen MR) is 108 cm³/mol. The minimum absolute atomic E-state index is 0.0793. The highest BCUT2D eigenvalue weighted by Crippen LogP contribution is 2.27. The fraction of sp³-hybridized carbons (Fsp3) is 0.364. The molecule has 0 radical (unpaired) electrons. The number of nitrogens with one attached hydrogen (secondary N) is 1. The van der Waals surface area contributed by atoms with Crippen molar-refractivity contribution >= 4 is 11.8 Å². The maximum Gasteiger partial charge on any atom is 0.312 e. The highest BCUT2D eigenvalue weighted by molar-refractivity contribution is 6.35. The van der Waals surface area contributed by atoms with Gasteiger partial charge in [-0.25, -0.2) is 0 Å². The van der Waals surface area contributed by atoms with Crippen LogP contribution < -0.4 is 14.8 Å². The fourth-order valence-electron chi connectivity index (χ4n) is 2.83. The second kappa shape index (κ2) is 10.3. The average Bonchev–Trinajstić information content (AvgIpc) is 2.71. The van der Waals surface area contributed by atoms with Crippen molar-refractivity contribution in [2.75, 3.05) is 20.8 Å². The van der Waals surface area contributed by atoms with Crippen molar-refractivity contribution in [3.63, 3.8) is 0 Å². The number of rotatable bonds is 8. The molecule has 2 rings (SSSR count). The lowest BCUT2D eigenvalue weighted by molar-refractivity contribution is -0.147. The van der Waals surface area contributed by atoms with Gasteiger partial charge >= 0.3 is 11.8 Å². The summed E-state index contributed by atoms with van der Waals surface area (Å²) in [6.45, 7) is 4.56. The summed E-state index contributed by atoms with van der Waals surface area (Å²) in [6.07, 6.45) is 0.583. The molecule has 0 aliphatic carbocycles. The average molecular weight is 384 g/mol. The van der Waals surface area contributed by atoms with Gasteiger partial charge in [0.1, 0.15) is 0 Å². The lowest BCUT2D eigenvalue weighted by atomic mass is 10.1. The maximum absolute atomic E-state index is 12.6. The monoisotopic (exact) mass is 384 g/mol. The first-order valence-electron chi connectivity index (χ1n) is 9.30.